The summed E-state index contributed by atoms with van der Waals surface area (Å²) in [6.45, 7) is 1.71. The Kier molecular flexibility index (Phi) is 6.31. The first kappa shape index (κ1) is 17.8. The highest BCUT2D eigenvalue weighted by Gasteiger charge is 2.27. The van der Waals surface area contributed by atoms with Crippen molar-refractivity contribution >= 4 is 11.9 Å². The average Bonchev–Trinajstić information content (AvgIpc) is 3.20. The Hall–Kier alpha value is -2.04. The Bertz CT molecular complexity index is 564. The maximum absolute atomic E-state index is 12.4. The van der Waals surface area contributed by atoms with Crippen molar-refractivity contribution in [3.8, 4) is 0 Å². The maximum atomic E-state index is 12.4. The van der Waals surface area contributed by atoms with E-state index in [1.165, 1.54) is 19.3 Å². The molecule has 1 aliphatic carbocycles. The molecule has 5 heteroatoms. The van der Waals surface area contributed by atoms with Gasteiger partial charge < -0.3 is 15.5 Å². The molecule has 2 N–H and O–H groups in total. The second-order valence-electron chi connectivity index (χ2n) is 7.20. The number of likely N-dealkylation sites (tertiary alicyclic amines) is 1. The van der Waals surface area contributed by atoms with E-state index in [0.717, 1.165) is 44.3 Å². The highest BCUT2D eigenvalue weighted by Crippen LogP contribution is 2.34. The van der Waals surface area contributed by atoms with Crippen molar-refractivity contribution in [2.24, 2.45) is 5.92 Å². The maximum Gasteiger partial charge on any atom is 0.315 e. The van der Waals surface area contributed by atoms with Crippen molar-refractivity contribution in [1.82, 2.24) is 15.5 Å². The van der Waals surface area contributed by atoms with Gasteiger partial charge in [-0.25, -0.2) is 4.79 Å². The third-order valence-electron chi connectivity index (χ3n) is 5.43. The van der Waals surface area contributed by atoms with Crippen LogP contribution in [0.3, 0.4) is 0 Å². The molecule has 1 aromatic rings. The zero-order chi connectivity index (χ0) is 17.5. The summed E-state index contributed by atoms with van der Waals surface area (Å²) >= 11 is 0. The molecule has 1 aliphatic heterocycles. The van der Waals surface area contributed by atoms with Gasteiger partial charge in [-0.15, -0.1) is 0 Å². The van der Waals surface area contributed by atoms with Crippen molar-refractivity contribution in [1.29, 1.82) is 0 Å². The molecular formula is C20H29N3O2. The largest absolute Gasteiger partial charge is 0.341 e. The van der Waals surface area contributed by atoms with Gasteiger partial charge in [0.2, 0.25) is 5.91 Å². The van der Waals surface area contributed by atoms with Crippen molar-refractivity contribution in [3.63, 3.8) is 0 Å². The Morgan fingerprint density at radius 3 is 2.36 bits per heavy atom. The van der Waals surface area contributed by atoms with Crippen molar-refractivity contribution in [3.05, 3.63) is 35.9 Å². The molecule has 0 radical (unpaired) electrons. The van der Waals surface area contributed by atoms with Crippen LogP contribution < -0.4 is 10.6 Å². The number of urea groups is 1. The first-order valence-corrected chi connectivity index (χ1v) is 9.61. The molecule has 0 bridgehead atoms. The van der Waals surface area contributed by atoms with E-state index in [4.69, 9.17) is 0 Å². The summed E-state index contributed by atoms with van der Waals surface area (Å²) in [6.07, 6.45) is 8.16. The average molecular weight is 343 g/mol. The van der Waals surface area contributed by atoms with Gasteiger partial charge in [0, 0.05) is 13.1 Å². The highest BCUT2D eigenvalue weighted by molar-refractivity contribution is 5.84. The molecule has 0 unspecified atom stereocenters. The van der Waals surface area contributed by atoms with Crippen LogP contribution in [0.25, 0.3) is 0 Å². The van der Waals surface area contributed by atoms with Gasteiger partial charge in [-0.05, 0) is 37.2 Å². The smallest absolute Gasteiger partial charge is 0.315 e. The van der Waals surface area contributed by atoms with Gasteiger partial charge in [0.05, 0.1) is 12.6 Å². The van der Waals surface area contributed by atoms with Gasteiger partial charge in [0.25, 0.3) is 0 Å². The lowest BCUT2D eigenvalue weighted by Crippen LogP contribution is -2.45. The molecule has 1 atom stereocenters. The highest BCUT2D eigenvalue weighted by atomic mass is 16.2. The van der Waals surface area contributed by atoms with Gasteiger partial charge in [-0.1, -0.05) is 49.6 Å². The van der Waals surface area contributed by atoms with Crippen LogP contribution in [0.1, 0.15) is 56.6 Å². The third-order valence-corrected chi connectivity index (χ3v) is 5.43. The quantitative estimate of drug-likeness (QED) is 0.862. The molecule has 5 nitrogen and oxygen atoms in total. The standard InChI is InChI=1S/C20H29N3O2/c24-18(23-13-7-8-14-23)15-21-20(25)22-19(16-9-3-1-4-10-16)17-11-5-2-6-12-17/h1,3-4,9-10,17,19H,2,5-8,11-15H2,(H2,21,22,25)/t19-/m0/s1. The first-order valence-electron chi connectivity index (χ1n) is 9.61. The lowest BCUT2D eigenvalue weighted by Gasteiger charge is -2.31. The lowest BCUT2D eigenvalue weighted by atomic mass is 9.81. The minimum absolute atomic E-state index is 0.0153. The topological polar surface area (TPSA) is 61.4 Å². The summed E-state index contributed by atoms with van der Waals surface area (Å²) in [4.78, 5) is 26.3. The van der Waals surface area contributed by atoms with Crippen LogP contribution in [0.2, 0.25) is 0 Å². The van der Waals surface area contributed by atoms with Gasteiger partial charge in [0.1, 0.15) is 0 Å². The predicted molar refractivity (Wildman–Crippen MR) is 98.1 cm³/mol. The lowest BCUT2D eigenvalue weighted by molar-refractivity contribution is -0.129. The number of benzene rings is 1. The summed E-state index contributed by atoms with van der Waals surface area (Å²) in [7, 11) is 0. The molecule has 1 heterocycles. The van der Waals surface area contributed by atoms with E-state index in [1.807, 2.05) is 23.1 Å². The number of rotatable bonds is 5. The van der Waals surface area contributed by atoms with E-state index in [-0.39, 0.29) is 24.5 Å². The molecule has 3 rings (SSSR count). The minimum Gasteiger partial charge on any atom is -0.341 e. The Morgan fingerprint density at radius 2 is 1.68 bits per heavy atom. The van der Waals surface area contributed by atoms with Crippen LogP contribution in [0.4, 0.5) is 4.79 Å². The van der Waals surface area contributed by atoms with E-state index < -0.39 is 0 Å². The SMILES string of the molecule is O=C(NCC(=O)N1CCCC1)N[C@@H](c1ccccc1)C1CCCCC1. The van der Waals surface area contributed by atoms with Gasteiger partial charge in [-0.2, -0.15) is 0 Å². The van der Waals surface area contributed by atoms with Crippen LogP contribution in [-0.4, -0.2) is 36.5 Å². The van der Waals surface area contributed by atoms with Crippen LogP contribution >= 0.6 is 0 Å². The fourth-order valence-corrected chi connectivity index (χ4v) is 4.03. The fraction of sp³-hybridized carbons (Fsp3) is 0.600. The number of carbonyl (C=O) groups is 2. The van der Waals surface area contributed by atoms with Gasteiger partial charge >= 0.3 is 6.03 Å². The summed E-state index contributed by atoms with van der Waals surface area (Å²) in [5.41, 5.74) is 1.15. The number of amides is 3. The minimum atomic E-state index is -0.244. The number of hydrogen-bond donors (Lipinski definition) is 2. The number of nitrogens with zero attached hydrogens (tertiary/aromatic N) is 1. The van der Waals surface area contributed by atoms with E-state index in [2.05, 4.69) is 22.8 Å². The molecular weight excluding hydrogens is 314 g/mol. The normalized spacial score (nSPS) is 19.4. The number of nitrogens with one attached hydrogen (secondary N) is 2. The molecule has 1 saturated carbocycles. The van der Waals surface area contributed by atoms with Crippen LogP contribution in [0.15, 0.2) is 30.3 Å². The molecule has 1 saturated heterocycles. The predicted octanol–water partition coefficient (Wildman–Crippen LogP) is 3.23. The molecule has 25 heavy (non-hydrogen) atoms. The van der Waals surface area contributed by atoms with Crippen molar-refractivity contribution in [2.75, 3.05) is 19.6 Å². The van der Waals surface area contributed by atoms with Crippen molar-refractivity contribution < 1.29 is 9.59 Å². The number of hydrogen-bond acceptors (Lipinski definition) is 2. The Labute approximate surface area is 150 Å². The van der Waals surface area contributed by atoms with E-state index >= 15 is 0 Å². The number of carbonyl (C=O) groups excluding carboxylic acids is 2. The Morgan fingerprint density at radius 1 is 1.00 bits per heavy atom. The monoisotopic (exact) mass is 343 g/mol. The zero-order valence-corrected chi connectivity index (χ0v) is 14.9. The second kappa shape index (κ2) is 8.88. The zero-order valence-electron chi connectivity index (χ0n) is 14.9. The van der Waals surface area contributed by atoms with Crippen LogP contribution in [0, 0.1) is 5.92 Å². The molecule has 2 fully saturated rings. The molecule has 2 aliphatic rings. The summed E-state index contributed by atoms with van der Waals surface area (Å²) in [6, 6.07) is 9.96. The summed E-state index contributed by atoms with van der Waals surface area (Å²) in [5.74, 6) is 0.484. The molecule has 0 spiro atoms. The van der Waals surface area contributed by atoms with Crippen molar-refractivity contribution in [2.45, 2.75) is 51.0 Å². The molecule has 1 aromatic carbocycles. The van der Waals surface area contributed by atoms with E-state index in [1.54, 1.807) is 0 Å². The first-order chi connectivity index (χ1) is 12.2. The fourth-order valence-electron chi connectivity index (χ4n) is 4.03. The third kappa shape index (κ3) is 4.97. The second-order valence-corrected chi connectivity index (χ2v) is 7.20. The van der Waals surface area contributed by atoms with Gasteiger partial charge in [-0.3, -0.25) is 4.79 Å². The molecule has 0 aromatic heterocycles. The van der Waals surface area contributed by atoms with E-state index in [9.17, 15) is 9.59 Å². The summed E-state index contributed by atoms with van der Waals surface area (Å²) < 4.78 is 0. The Balaban J connectivity index is 1.57. The van der Waals surface area contributed by atoms with E-state index in [0.29, 0.717) is 5.92 Å². The molecule has 136 valence electrons. The molecule has 3 amide bonds. The van der Waals surface area contributed by atoms with Crippen LogP contribution in [-0.2, 0) is 4.79 Å². The van der Waals surface area contributed by atoms with Crippen LogP contribution in [0.5, 0.6) is 0 Å². The van der Waals surface area contributed by atoms with Gasteiger partial charge in [0.15, 0.2) is 0 Å². The summed E-state index contributed by atoms with van der Waals surface area (Å²) in [5, 5.41) is 5.89.